The number of benzene rings is 9. The van der Waals surface area contributed by atoms with E-state index in [0.29, 0.717) is 11.8 Å². The van der Waals surface area contributed by atoms with Crippen LogP contribution in [0.15, 0.2) is 188 Å². The van der Waals surface area contributed by atoms with Gasteiger partial charge in [-0.3, -0.25) is 4.98 Å². The maximum Gasteiger partial charge on any atom is 0.0774 e. The number of fused-ring (bicyclic) bond motifs is 5. The van der Waals surface area contributed by atoms with Crippen molar-refractivity contribution >= 4 is 60.1 Å². The van der Waals surface area contributed by atoms with E-state index >= 15 is 0 Å². The van der Waals surface area contributed by atoms with Crippen LogP contribution in [-0.4, -0.2) is 39.5 Å². The van der Waals surface area contributed by atoms with Crippen LogP contribution in [0.2, 0.25) is 0 Å². The van der Waals surface area contributed by atoms with Crippen molar-refractivity contribution in [3.05, 3.63) is 228 Å². The minimum Gasteiger partial charge on any atom is -0.333 e. The predicted octanol–water partition coefficient (Wildman–Crippen LogP) is 18.0. The van der Waals surface area contributed by atoms with Crippen molar-refractivity contribution in [3.63, 3.8) is 0 Å². The maximum atomic E-state index is 9.60. The van der Waals surface area contributed by atoms with Gasteiger partial charge < -0.3 is 4.57 Å². The molecule has 1 radical (unpaired) electrons. The molecular weight excluding hydrogens is 1220 g/mol. The molecular formula is C69H59IrN5Te-2. The minimum atomic E-state index is -0.744. The zero-order valence-corrected chi connectivity index (χ0v) is 48.9. The van der Waals surface area contributed by atoms with Gasteiger partial charge in [0.05, 0.1) is 16.9 Å². The van der Waals surface area contributed by atoms with Gasteiger partial charge in [0.1, 0.15) is 0 Å². The fraction of sp³-hybridized carbons (Fsp3) is 0.174. The van der Waals surface area contributed by atoms with Crippen molar-refractivity contribution < 1.29 is 20.1 Å². The molecule has 3 heterocycles. The summed E-state index contributed by atoms with van der Waals surface area (Å²) in [7, 11) is 0. The molecule has 0 aliphatic rings. The molecule has 9 aromatic carbocycles. The van der Waals surface area contributed by atoms with Crippen LogP contribution in [0.4, 0.5) is 0 Å². The quantitative estimate of drug-likeness (QED) is 0.101. The van der Waals surface area contributed by atoms with E-state index in [0.717, 1.165) is 50.4 Å². The monoisotopic (exact) mass is 1280 g/mol. The summed E-state index contributed by atoms with van der Waals surface area (Å²) in [5.74, 6) is 3.30. The summed E-state index contributed by atoms with van der Waals surface area (Å²) >= 11 is -0.744. The third-order valence-electron chi connectivity index (χ3n) is 14.4. The van der Waals surface area contributed by atoms with Crippen LogP contribution in [0.1, 0.15) is 107 Å². The second-order valence-electron chi connectivity index (χ2n) is 20.7. The summed E-state index contributed by atoms with van der Waals surface area (Å²) in [5, 5.41) is 12.1. The number of aromatic nitrogens is 4. The van der Waals surface area contributed by atoms with Gasteiger partial charge in [0, 0.05) is 25.8 Å². The largest absolute Gasteiger partial charge is 0.333 e. The number of hydrogen-bond acceptors (Lipinski definition) is 3. The van der Waals surface area contributed by atoms with Crippen LogP contribution in [0, 0.1) is 23.5 Å². The average Bonchev–Trinajstić information content (AvgIpc) is 4.16. The molecule has 0 saturated carbocycles. The molecule has 7 heteroatoms. The number of nitriles is 1. The molecule has 0 saturated heterocycles. The van der Waals surface area contributed by atoms with Crippen molar-refractivity contribution in [2.45, 2.75) is 79.1 Å². The fourth-order valence-corrected chi connectivity index (χ4v) is 14.1. The molecule has 0 bridgehead atoms. The van der Waals surface area contributed by atoms with E-state index < -0.39 is 20.4 Å². The molecule has 0 amide bonds. The third-order valence-corrected chi connectivity index (χ3v) is 17.8. The van der Waals surface area contributed by atoms with E-state index in [4.69, 9.17) is 9.97 Å². The first-order valence-corrected chi connectivity index (χ1v) is 28.5. The first-order chi connectivity index (χ1) is 36.5. The molecule has 0 aliphatic carbocycles. The van der Waals surface area contributed by atoms with Crippen LogP contribution in [0.25, 0.3) is 96.0 Å². The Morgan fingerprint density at radius 1 is 0.461 bits per heavy atom. The fourth-order valence-electron chi connectivity index (χ4n) is 10.6. The van der Waals surface area contributed by atoms with Gasteiger partial charge in [0.25, 0.3) is 0 Å². The smallest absolute Gasteiger partial charge is 0.0774 e. The van der Waals surface area contributed by atoms with Gasteiger partial charge in [-0.1, -0.05) is 88.4 Å². The first kappa shape index (κ1) is 52.3. The van der Waals surface area contributed by atoms with Crippen molar-refractivity contribution in [3.8, 4) is 62.5 Å². The predicted molar refractivity (Wildman–Crippen MR) is 315 cm³/mol. The Hall–Kier alpha value is -7.15. The van der Waals surface area contributed by atoms with Gasteiger partial charge in [0.15, 0.2) is 0 Å². The second-order valence-corrected chi connectivity index (χ2v) is 23.7. The molecule has 5 nitrogen and oxygen atoms in total. The van der Waals surface area contributed by atoms with Gasteiger partial charge in [-0.05, 0) is 40.7 Å². The Morgan fingerprint density at radius 2 is 0.987 bits per heavy atom. The molecule has 12 rings (SSSR count). The van der Waals surface area contributed by atoms with Crippen LogP contribution < -0.4 is 0 Å². The van der Waals surface area contributed by atoms with Crippen LogP contribution in [-0.2, 0) is 20.1 Å². The number of hydrogen-bond donors (Lipinski definition) is 0. The molecule has 0 unspecified atom stereocenters. The summed E-state index contributed by atoms with van der Waals surface area (Å²) in [5.41, 5.74) is 19.7. The summed E-state index contributed by atoms with van der Waals surface area (Å²) in [6, 6.07) is 75.7. The van der Waals surface area contributed by atoms with Gasteiger partial charge in [-0.25, -0.2) is 0 Å². The molecule has 0 aliphatic heterocycles. The minimum absolute atomic E-state index is 0. The van der Waals surface area contributed by atoms with E-state index in [1.54, 1.807) is 0 Å². The van der Waals surface area contributed by atoms with Crippen molar-refractivity contribution in [2.24, 2.45) is 0 Å². The molecule has 0 N–H and O–H groups in total. The molecule has 3 aromatic heterocycles. The molecule has 377 valence electrons. The Kier molecular flexibility index (Phi) is 15.3. The van der Waals surface area contributed by atoms with Crippen LogP contribution in [0.3, 0.4) is 0 Å². The van der Waals surface area contributed by atoms with E-state index in [-0.39, 0.29) is 31.9 Å². The molecule has 0 atom stereocenters. The number of rotatable bonds is 10. The molecule has 12 aromatic rings. The molecule has 0 fully saturated rings. The summed E-state index contributed by atoms with van der Waals surface area (Å²) in [4.78, 5) is 10.3. The van der Waals surface area contributed by atoms with Crippen LogP contribution >= 0.6 is 0 Å². The van der Waals surface area contributed by atoms with Crippen LogP contribution in [0.5, 0.6) is 0 Å². The van der Waals surface area contributed by atoms with Crippen molar-refractivity contribution in [2.75, 3.05) is 0 Å². The first-order valence-electron chi connectivity index (χ1n) is 26.2. The SMILES string of the molecule is CC(C)c1cc(-c2ccc(-c3ccccc3)cc2)cc(C(C)C)c1-n1c(-c2[c-]ccc3c2[te]c2cc(C#N)ccc23)nc2ccccc21.CC(C)c1cccc(C(C)C)c1-n1c(-c2[c-]cccc2)nc2ccccc21.[Ir]. The van der Waals surface area contributed by atoms with Gasteiger partial charge in [-0.15, -0.1) is 35.9 Å². The maximum absolute atomic E-state index is 9.60. The summed E-state index contributed by atoms with van der Waals surface area (Å²) in [6.07, 6.45) is 0. The zero-order chi connectivity index (χ0) is 51.9. The molecule has 76 heavy (non-hydrogen) atoms. The number of imidazole rings is 2. The van der Waals surface area contributed by atoms with Crippen molar-refractivity contribution in [1.29, 1.82) is 5.26 Å². The second kappa shape index (κ2) is 22.2. The number of nitrogens with zero attached hydrogens (tertiary/aromatic N) is 5. The van der Waals surface area contributed by atoms with Gasteiger partial charge >= 0.3 is 257 Å². The average molecular weight is 1280 g/mol. The van der Waals surface area contributed by atoms with E-state index in [1.807, 2.05) is 30.3 Å². The number of para-hydroxylation sites is 5. The zero-order valence-electron chi connectivity index (χ0n) is 44.2. The Balaban J connectivity index is 0.000000199. The Bertz CT molecular complexity index is 4020. The topological polar surface area (TPSA) is 59.4 Å². The van der Waals surface area contributed by atoms with E-state index in [1.165, 1.54) is 73.5 Å². The van der Waals surface area contributed by atoms with Crippen molar-refractivity contribution in [1.82, 2.24) is 19.1 Å². The molecule has 0 spiro atoms. The Morgan fingerprint density at radius 3 is 1.57 bits per heavy atom. The van der Waals surface area contributed by atoms with E-state index in [2.05, 4.69) is 240 Å². The Labute approximate surface area is 470 Å². The normalized spacial score (nSPS) is 11.5. The van der Waals surface area contributed by atoms with E-state index in [9.17, 15) is 5.26 Å². The van der Waals surface area contributed by atoms with Gasteiger partial charge in [-0.2, -0.15) is 0 Å². The van der Waals surface area contributed by atoms with Gasteiger partial charge in [0.2, 0.25) is 0 Å². The summed E-state index contributed by atoms with van der Waals surface area (Å²) in [6.45, 7) is 18.2. The third kappa shape index (κ3) is 9.82. The summed E-state index contributed by atoms with van der Waals surface area (Å²) < 4.78 is 7.42. The standard InChI is InChI=1S/C44H34N3Te.C25H25N2.Ir/c1-27(2)37-24-33(32-20-18-31(19-21-32)30-11-6-5-7-12-30)25-38(28(3)4)42(37)47-40-16-9-8-15-39(40)46-44(47)36-14-10-13-35-34-22-17-29(26-45)23-41(34)48-43(35)36;1-17(2)20-13-10-14-21(18(3)4)24(20)27-23-16-9-8-15-22(23)26-25(27)19-11-6-5-7-12-19;/h5-13,15-25,27-28H,1-4H3;5-11,13-18H,1-4H3;/q2*-1;.